The van der Waals surface area contributed by atoms with Gasteiger partial charge in [0.15, 0.2) is 0 Å². The maximum Gasteiger partial charge on any atom is 0.243 e. The molecule has 0 aliphatic heterocycles. The number of rotatable bonds is 14. The van der Waals surface area contributed by atoms with Crippen LogP contribution in [0.2, 0.25) is 0 Å². The van der Waals surface area contributed by atoms with Gasteiger partial charge in [0.25, 0.3) is 0 Å². The Balaban J connectivity index is 1.60. The molecule has 0 aromatic heterocycles. The molecule has 0 spiro atoms. The summed E-state index contributed by atoms with van der Waals surface area (Å²) >= 11 is 0. The Morgan fingerprint density at radius 1 is 0.889 bits per heavy atom. The van der Waals surface area contributed by atoms with Gasteiger partial charge in [0, 0.05) is 24.7 Å². The van der Waals surface area contributed by atoms with E-state index in [1.807, 2.05) is 56.3 Å². The molecule has 3 aromatic rings. The zero-order chi connectivity index (χ0) is 26.0. The highest BCUT2D eigenvalue weighted by molar-refractivity contribution is 7.89. The molecule has 3 rings (SSSR count). The van der Waals surface area contributed by atoms with Gasteiger partial charge in [-0.15, -0.1) is 0 Å². The maximum absolute atomic E-state index is 13.5. The molecule has 1 amide bonds. The monoisotopic (exact) mass is 508 g/mol. The van der Waals surface area contributed by atoms with Gasteiger partial charge in [-0.05, 0) is 66.8 Å². The minimum absolute atomic E-state index is 0.0936. The van der Waals surface area contributed by atoms with Crippen molar-refractivity contribution < 1.29 is 13.2 Å². The van der Waals surface area contributed by atoms with Crippen molar-refractivity contribution in [3.05, 3.63) is 72.3 Å². The lowest BCUT2D eigenvalue weighted by Gasteiger charge is -2.27. The van der Waals surface area contributed by atoms with E-state index in [0.29, 0.717) is 6.42 Å². The maximum atomic E-state index is 13.5. The largest absolute Gasteiger partial charge is 0.326 e. The van der Waals surface area contributed by atoms with Gasteiger partial charge in [0.1, 0.15) is 0 Å². The number of anilines is 1. The van der Waals surface area contributed by atoms with Gasteiger partial charge in [-0.1, -0.05) is 82.0 Å². The summed E-state index contributed by atoms with van der Waals surface area (Å²) in [6, 6.07) is 20.7. The van der Waals surface area contributed by atoms with Crippen LogP contribution in [0.3, 0.4) is 0 Å². The molecule has 0 saturated carbocycles. The number of benzene rings is 3. The van der Waals surface area contributed by atoms with Gasteiger partial charge >= 0.3 is 0 Å². The molecule has 0 aliphatic carbocycles. The van der Waals surface area contributed by atoms with Crippen LogP contribution in [-0.4, -0.2) is 31.2 Å². The van der Waals surface area contributed by atoms with E-state index >= 15 is 0 Å². The fourth-order valence-corrected chi connectivity index (χ4v) is 6.11. The first-order valence-corrected chi connectivity index (χ1v) is 14.7. The number of amides is 1. The summed E-state index contributed by atoms with van der Waals surface area (Å²) in [5.74, 6) is -0.190. The van der Waals surface area contributed by atoms with Crippen LogP contribution in [0.4, 0.5) is 5.69 Å². The van der Waals surface area contributed by atoms with Crippen molar-refractivity contribution in [1.82, 2.24) is 4.31 Å². The highest BCUT2D eigenvalue weighted by Gasteiger charge is 2.29. The lowest BCUT2D eigenvalue weighted by Crippen LogP contribution is -2.40. The fourth-order valence-electron chi connectivity index (χ4n) is 4.37. The molecule has 36 heavy (non-hydrogen) atoms. The second kappa shape index (κ2) is 13.6. The van der Waals surface area contributed by atoms with Crippen molar-refractivity contribution in [2.75, 3.05) is 11.9 Å². The van der Waals surface area contributed by atoms with E-state index in [1.165, 1.54) is 42.0 Å². The lowest BCUT2D eigenvalue weighted by atomic mass is 10.1. The van der Waals surface area contributed by atoms with E-state index in [2.05, 4.69) is 24.4 Å². The third kappa shape index (κ3) is 7.65. The average molecular weight is 509 g/mol. The van der Waals surface area contributed by atoms with Gasteiger partial charge in [-0.3, -0.25) is 4.79 Å². The number of fused-ring (bicyclic) bond motifs is 1. The topological polar surface area (TPSA) is 66.5 Å². The minimum atomic E-state index is -3.74. The first-order valence-electron chi connectivity index (χ1n) is 13.2. The Bertz CT molecular complexity index is 1220. The number of carbonyl (C=O) groups is 1. The van der Waals surface area contributed by atoms with E-state index in [4.69, 9.17) is 0 Å². The highest BCUT2D eigenvalue weighted by atomic mass is 32.2. The molecule has 0 heterocycles. The van der Waals surface area contributed by atoms with Crippen molar-refractivity contribution >= 4 is 32.4 Å². The molecule has 0 bridgehead atoms. The predicted molar refractivity (Wildman–Crippen MR) is 150 cm³/mol. The summed E-state index contributed by atoms with van der Waals surface area (Å²) in [5.41, 5.74) is 2.01. The minimum Gasteiger partial charge on any atom is -0.326 e. The van der Waals surface area contributed by atoms with Crippen molar-refractivity contribution in [2.45, 2.75) is 83.1 Å². The Morgan fingerprint density at radius 2 is 1.58 bits per heavy atom. The van der Waals surface area contributed by atoms with Crippen LogP contribution < -0.4 is 5.32 Å². The molecule has 1 unspecified atom stereocenters. The molecule has 1 atom stereocenters. The zero-order valence-electron chi connectivity index (χ0n) is 21.9. The normalized spacial score (nSPS) is 12.7. The van der Waals surface area contributed by atoms with Crippen LogP contribution in [0.15, 0.2) is 71.6 Å². The van der Waals surface area contributed by atoms with E-state index < -0.39 is 10.0 Å². The van der Waals surface area contributed by atoms with E-state index in [1.54, 1.807) is 12.1 Å². The fraction of sp³-hybridized carbons (Fsp3) is 0.433. The SMILES string of the molecule is CCCCCCCc1ccc(NC(=O)CCN(C(C)CC)S(=O)(=O)c2ccc3ccccc3c2)cc1. The van der Waals surface area contributed by atoms with Gasteiger partial charge in [-0.25, -0.2) is 8.42 Å². The second-order valence-corrected chi connectivity index (χ2v) is 11.4. The molecule has 0 aliphatic rings. The van der Waals surface area contributed by atoms with Crippen LogP contribution in [-0.2, 0) is 21.2 Å². The number of sulfonamides is 1. The molecule has 0 saturated heterocycles. The molecule has 1 N–H and O–H groups in total. The molecule has 3 aromatic carbocycles. The molecule has 194 valence electrons. The number of unbranched alkanes of at least 4 members (excludes halogenated alkanes) is 4. The number of nitrogens with zero attached hydrogens (tertiary/aromatic N) is 1. The number of hydrogen-bond acceptors (Lipinski definition) is 3. The third-order valence-electron chi connectivity index (χ3n) is 6.78. The van der Waals surface area contributed by atoms with Gasteiger partial charge < -0.3 is 5.32 Å². The molecular weight excluding hydrogens is 468 g/mol. The van der Waals surface area contributed by atoms with Crippen LogP contribution in [0.5, 0.6) is 0 Å². The molecular formula is C30H40N2O3S. The molecule has 5 nitrogen and oxygen atoms in total. The van der Waals surface area contributed by atoms with Crippen LogP contribution >= 0.6 is 0 Å². The van der Waals surface area contributed by atoms with Crippen molar-refractivity contribution in [2.24, 2.45) is 0 Å². The number of aryl methyl sites for hydroxylation is 1. The second-order valence-electron chi connectivity index (χ2n) is 9.54. The number of carbonyl (C=O) groups excluding carboxylic acids is 1. The Morgan fingerprint density at radius 3 is 2.28 bits per heavy atom. The Hall–Kier alpha value is -2.70. The molecule has 6 heteroatoms. The van der Waals surface area contributed by atoms with Crippen molar-refractivity contribution in [3.63, 3.8) is 0 Å². The first-order chi connectivity index (χ1) is 17.3. The van der Waals surface area contributed by atoms with Gasteiger partial charge in [0.05, 0.1) is 4.90 Å². The average Bonchev–Trinajstić information content (AvgIpc) is 2.89. The Labute approximate surface area is 217 Å². The highest BCUT2D eigenvalue weighted by Crippen LogP contribution is 2.24. The van der Waals surface area contributed by atoms with Crippen molar-refractivity contribution in [1.29, 1.82) is 0 Å². The zero-order valence-corrected chi connectivity index (χ0v) is 22.7. The molecule has 0 radical (unpaired) electrons. The predicted octanol–water partition coefficient (Wildman–Crippen LogP) is 7.17. The van der Waals surface area contributed by atoms with Gasteiger partial charge in [-0.2, -0.15) is 4.31 Å². The first kappa shape index (κ1) is 27.9. The third-order valence-corrected chi connectivity index (χ3v) is 8.79. The summed E-state index contributed by atoms with van der Waals surface area (Å²) in [5, 5.41) is 4.79. The smallest absolute Gasteiger partial charge is 0.243 e. The van der Waals surface area contributed by atoms with E-state index in [-0.39, 0.29) is 29.8 Å². The summed E-state index contributed by atoms with van der Waals surface area (Å²) in [6.07, 6.45) is 8.07. The summed E-state index contributed by atoms with van der Waals surface area (Å²) in [7, 11) is -3.74. The lowest BCUT2D eigenvalue weighted by molar-refractivity contribution is -0.116. The van der Waals surface area contributed by atoms with Crippen LogP contribution in [0.25, 0.3) is 10.8 Å². The van der Waals surface area contributed by atoms with E-state index in [9.17, 15) is 13.2 Å². The van der Waals surface area contributed by atoms with Crippen molar-refractivity contribution in [3.8, 4) is 0 Å². The van der Waals surface area contributed by atoms with Crippen LogP contribution in [0.1, 0.15) is 71.3 Å². The summed E-state index contributed by atoms with van der Waals surface area (Å²) in [4.78, 5) is 12.9. The Kier molecular flexibility index (Phi) is 10.5. The summed E-state index contributed by atoms with van der Waals surface area (Å²) < 4.78 is 28.5. The van der Waals surface area contributed by atoms with Gasteiger partial charge in [0.2, 0.25) is 15.9 Å². The molecule has 0 fully saturated rings. The van der Waals surface area contributed by atoms with Crippen LogP contribution in [0, 0.1) is 0 Å². The quantitative estimate of drug-likeness (QED) is 0.235. The van der Waals surface area contributed by atoms with E-state index in [0.717, 1.165) is 22.9 Å². The number of nitrogens with one attached hydrogen (secondary N) is 1. The standard InChI is InChI=1S/C30H40N2O3S/c1-4-6-7-8-9-12-25-15-18-28(19-16-25)31-30(33)21-22-32(24(3)5-2)36(34,35)29-20-17-26-13-10-11-14-27(26)23-29/h10-11,13-20,23-24H,4-9,12,21-22H2,1-3H3,(H,31,33). The summed E-state index contributed by atoms with van der Waals surface area (Å²) in [6.45, 7) is 6.20. The number of hydrogen-bond donors (Lipinski definition) is 1.